The lowest BCUT2D eigenvalue weighted by atomic mass is 10.1. The molecule has 1 atom stereocenters. The summed E-state index contributed by atoms with van der Waals surface area (Å²) in [5.41, 5.74) is 2.05. The third kappa shape index (κ3) is 4.81. The maximum Gasteiger partial charge on any atom is 0.275 e. The van der Waals surface area contributed by atoms with E-state index >= 15 is 0 Å². The largest absolute Gasteiger partial charge is 0.344 e. The second kappa shape index (κ2) is 8.73. The van der Waals surface area contributed by atoms with Crippen molar-refractivity contribution in [2.24, 2.45) is 0 Å². The standard InChI is InChI=1S/C20H27N3O3S2/c1-15-6-7-18(13-16(15)2)28(25,26)23-10-8-22(9-11-23)14-20(24)21-17(3)19-5-4-12-27-19/h4-7,12-13,17H,8-11,14H2,1-3H3,(H,21,24)/p+1/t17-/m1/s1. The fourth-order valence-corrected chi connectivity index (χ4v) is 5.63. The van der Waals surface area contributed by atoms with Gasteiger partial charge in [0.25, 0.3) is 5.91 Å². The average molecular weight is 423 g/mol. The van der Waals surface area contributed by atoms with E-state index in [0.717, 1.165) is 20.9 Å². The van der Waals surface area contributed by atoms with Gasteiger partial charge in [-0.25, -0.2) is 8.42 Å². The minimum absolute atomic E-state index is 0.00127. The van der Waals surface area contributed by atoms with Crippen LogP contribution in [0.25, 0.3) is 0 Å². The summed E-state index contributed by atoms with van der Waals surface area (Å²) >= 11 is 1.63. The molecule has 0 radical (unpaired) electrons. The van der Waals surface area contributed by atoms with Crippen LogP contribution in [-0.2, 0) is 14.8 Å². The molecule has 3 rings (SSSR count). The molecule has 1 aliphatic rings. The Hall–Kier alpha value is -1.74. The van der Waals surface area contributed by atoms with E-state index in [0.29, 0.717) is 37.6 Å². The van der Waals surface area contributed by atoms with E-state index in [4.69, 9.17) is 0 Å². The number of nitrogens with zero attached hydrogens (tertiary/aromatic N) is 1. The zero-order chi connectivity index (χ0) is 20.3. The maximum atomic E-state index is 12.9. The minimum Gasteiger partial charge on any atom is -0.344 e. The van der Waals surface area contributed by atoms with Crippen molar-refractivity contribution in [2.75, 3.05) is 32.7 Å². The van der Waals surface area contributed by atoms with Crippen LogP contribution in [0.2, 0.25) is 0 Å². The third-order valence-corrected chi connectivity index (χ3v) is 8.25. The molecular weight excluding hydrogens is 394 g/mol. The Morgan fingerprint density at radius 3 is 2.54 bits per heavy atom. The van der Waals surface area contributed by atoms with Crippen molar-refractivity contribution < 1.29 is 18.1 Å². The number of hydrogen-bond acceptors (Lipinski definition) is 4. The number of sulfonamides is 1. The number of piperazine rings is 1. The Morgan fingerprint density at radius 2 is 1.93 bits per heavy atom. The molecule has 8 heteroatoms. The first kappa shape index (κ1) is 21.0. The fourth-order valence-electron chi connectivity index (χ4n) is 3.37. The van der Waals surface area contributed by atoms with Gasteiger partial charge in [-0.15, -0.1) is 11.3 Å². The molecule has 2 N–H and O–H groups in total. The molecule has 6 nitrogen and oxygen atoms in total. The van der Waals surface area contributed by atoms with Crippen molar-refractivity contribution in [3.05, 3.63) is 51.7 Å². The topological polar surface area (TPSA) is 70.9 Å². The Morgan fingerprint density at radius 1 is 1.21 bits per heavy atom. The molecular formula is C20H28N3O3S2+. The molecule has 0 unspecified atom stereocenters. The second-order valence-electron chi connectivity index (χ2n) is 7.38. The van der Waals surface area contributed by atoms with Crippen LogP contribution in [0.1, 0.15) is 29.0 Å². The first-order valence-electron chi connectivity index (χ1n) is 9.51. The lowest BCUT2D eigenvalue weighted by Crippen LogP contribution is -3.15. The number of carbonyl (C=O) groups excluding carboxylic acids is 1. The van der Waals surface area contributed by atoms with Crippen molar-refractivity contribution in [1.29, 1.82) is 0 Å². The molecule has 0 saturated carbocycles. The van der Waals surface area contributed by atoms with Crippen LogP contribution in [0, 0.1) is 13.8 Å². The van der Waals surface area contributed by atoms with Gasteiger partial charge in [0, 0.05) is 4.88 Å². The highest BCUT2D eigenvalue weighted by atomic mass is 32.2. The molecule has 2 heterocycles. The van der Waals surface area contributed by atoms with E-state index in [-0.39, 0.29) is 11.9 Å². The molecule has 1 aromatic carbocycles. The Bertz CT molecular complexity index is 918. The third-order valence-electron chi connectivity index (χ3n) is 5.30. The Balaban J connectivity index is 1.53. The van der Waals surface area contributed by atoms with Gasteiger partial charge in [-0.1, -0.05) is 12.1 Å². The van der Waals surface area contributed by atoms with Crippen LogP contribution < -0.4 is 10.2 Å². The number of thiophene rings is 1. The highest BCUT2D eigenvalue weighted by molar-refractivity contribution is 7.89. The van der Waals surface area contributed by atoms with Crippen LogP contribution in [0.15, 0.2) is 40.6 Å². The zero-order valence-electron chi connectivity index (χ0n) is 16.6. The number of aryl methyl sites for hydroxylation is 2. The van der Waals surface area contributed by atoms with Crippen LogP contribution in [-0.4, -0.2) is 51.4 Å². The number of benzene rings is 1. The maximum absolute atomic E-state index is 12.9. The minimum atomic E-state index is -3.48. The highest BCUT2D eigenvalue weighted by Crippen LogP contribution is 2.19. The Labute approximate surface area is 171 Å². The first-order valence-corrected chi connectivity index (χ1v) is 11.8. The molecule has 2 aromatic rings. The van der Waals surface area contributed by atoms with Gasteiger partial charge in [0.05, 0.1) is 37.1 Å². The molecule has 1 fully saturated rings. The van der Waals surface area contributed by atoms with Crippen molar-refractivity contribution >= 4 is 27.3 Å². The molecule has 1 saturated heterocycles. The molecule has 28 heavy (non-hydrogen) atoms. The Kier molecular flexibility index (Phi) is 6.54. The summed E-state index contributed by atoms with van der Waals surface area (Å²) in [4.78, 5) is 14.9. The summed E-state index contributed by atoms with van der Waals surface area (Å²) in [5, 5.41) is 5.03. The van der Waals surface area contributed by atoms with Crippen molar-refractivity contribution in [3.63, 3.8) is 0 Å². The van der Waals surface area contributed by atoms with Gasteiger partial charge in [0.2, 0.25) is 10.0 Å². The monoisotopic (exact) mass is 422 g/mol. The summed E-state index contributed by atoms with van der Waals surface area (Å²) in [6, 6.07) is 9.25. The number of hydrogen-bond donors (Lipinski definition) is 2. The number of amides is 1. The molecule has 0 bridgehead atoms. The average Bonchev–Trinajstić information content (AvgIpc) is 3.19. The quantitative estimate of drug-likeness (QED) is 0.733. The number of rotatable bonds is 6. The van der Waals surface area contributed by atoms with E-state index in [9.17, 15) is 13.2 Å². The lowest BCUT2D eigenvalue weighted by Gasteiger charge is -2.31. The van der Waals surface area contributed by atoms with Gasteiger partial charge in [0.1, 0.15) is 0 Å². The lowest BCUT2D eigenvalue weighted by molar-refractivity contribution is -0.895. The summed E-state index contributed by atoms with van der Waals surface area (Å²) in [6.07, 6.45) is 0. The predicted molar refractivity (Wildman–Crippen MR) is 111 cm³/mol. The molecule has 1 amide bonds. The van der Waals surface area contributed by atoms with E-state index in [1.807, 2.05) is 44.4 Å². The normalized spacial score (nSPS) is 17.4. The predicted octanol–water partition coefficient (Wildman–Crippen LogP) is 1.13. The van der Waals surface area contributed by atoms with Crippen LogP contribution in [0.3, 0.4) is 0 Å². The van der Waals surface area contributed by atoms with Crippen LogP contribution >= 0.6 is 11.3 Å². The highest BCUT2D eigenvalue weighted by Gasteiger charge is 2.31. The summed E-state index contributed by atoms with van der Waals surface area (Å²) in [7, 11) is -3.48. The van der Waals surface area contributed by atoms with Gasteiger partial charge in [-0.05, 0) is 55.5 Å². The molecule has 1 aliphatic heterocycles. The second-order valence-corrected chi connectivity index (χ2v) is 10.3. The molecule has 0 aliphatic carbocycles. The molecule has 1 aromatic heterocycles. The van der Waals surface area contributed by atoms with Gasteiger partial charge in [0.15, 0.2) is 6.54 Å². The van der Waals surface area contributed by atoms with Crippen LogP contribution in [0.4, 0.5) is 0 Å². The summed E-state index contributed by atoms with van der Waals surface area (Å²) < 4.78 is 27.3. The van der Waals surface area contributed by atoms with Gasteiger partial charge < -0.3 is 10.2 Å². The summed E-state index contributed by atoms with van der Waals surface area (Å²) in [6.45, 7) is 8.36. The van der Waals surface area contributed by atoms with Gasteiger partial charge in [-0.2, -0.15) is 4.31 Å². The summed E-state index contributed by atoms with van der Waals surface area (Å²) in [5.74, 6) is 0.00127. The van der Waals surface area contributed by atoms with E-state index in [1.54, 1.807) is 23.5 Å². The number of carbonyl (C=O) groups is 1. The SMILES string of the molecule is Cc1ccc(S(=O)(=O)N2CC[NH+](CC(=O)N[C@H](C)c3cccs3)CC2)cc1C. The van der Waals surface area contributed by atoms with E-state index < -0.39 is 10.0 Å². The van der Waals surface area contributed by atoms with Gasteiger partial charge in [-0.3, -0.25) is 4.79 Å². The number of nitrogens with one attached hydrogen (secondary N) is 2. The van der Waals surface area contributed by atoms with Crippen molar-refractivity contribution in [1.82, 2.24) is 9.62 Å². The number of quaternary nitrogens is 1. The van der Waals surface area contributed by atoms with Crippen molar-refractivity contribution in [3.8, 4) is 0 Å². The molecule has 0 spiro atoms. The first-order chi connectivity index (χ1) is 13.3. The molecule has 152 valence electrons. The van der Waals surface area contributed by atoms with E-state index in [2.05, 4.69) is 5.32 Å². The van der Waals surface area contributed by atoms with Gasteiger partial charge >= 0.3 is 0 Å². The van der Waals surface area contributed by atoms with Crippen molar-refractivity contribution in [2.45, 2.75) is 31.7 Å². The van der Waals surface area contributed by atoms with Crippen LogP contribution in [0.5, 0.6) is 0 Å². The smallest absolute Gasteiger partial charge is 0.275 e. The fraction of sp³-hybridized carbons (Fsp3) is 0.450. The van der Waals surface area contributed by atoms with E-state index in [1.165, 1.54) is 4.31 Å². The zero-order valence-corrected chi connectivity index (χ0v) is 18.2.